The summed E-state index contributed by atoms with van der Waals surface area (Å²) >= 11 is 1.51. The van der Waals surface area contributed by atoms with Crippen LogP contribution >= 0.6 is 11.3 Å². The van der Waals surface area contributed by atoms with Gasteiger partial charge >= 0.3 is 0 Å². The number of ether oxygens (including phenoxy) is 2. The summed E-state index contributed by atoms with van der Waals surface area (Å²) in [5.41, 5.74) is 3.16. The van der Waals surface area contributed by atoms with Crippen LogP contribution in [0.3, 0.4) is 0 Å². The highest BCUT2D eigenvalue weighted by Crippen LogP contribution is 2.34. The van der Waals surface area contributed by atoms with Crippen molar-refractivity contribution in [3.8, 4) is 11.3 Å². The first-order chi connectivity index (χ1) is 14.1. The minimum atomic E-state index is -0.0403. The number of allylic oxidation sites excluding steroid dienone is 3. The van der Waals surface area contributed by atoms with E-state index in [-0.39, 0.29) is 18.6 Å². The summed E-state index contributed by atoms with van der Waals surface area (Å²) < 4.78 is 12.9. The predicted molar refractivity (Wildman–Crippen MR) is 113 cm³/mol. The van der Waals surface area contributed by atoms with Gasteiger partial charge in [-0.05, 0) is 37.1 Å². The maximum atomic E-state index is 12.5. The highest BCUT2D eigenvalue weighted by atomic mass is 32.1. The number of carbonyl (C=O) groups is 1. The van der Waals surface area contributed by atoms with E-state index in [1.165, 1.54) is 22.2 Å². The molecule has 1 aliphatic carbocycles. The molecule has 0 spiro atoms. The molecule has 2 aromatic heterocycles. The van der Waals surface area contributed by atoms with Gasteiger partial charge in [-0.15, -0.1) is 11.3 Å². The van der Waals surface area contributed by atoms with E-state index >= 15 is 0 Å². The molecule has 5 rings (SSSR count). The van der Waals surface area contributed by atoms with Crippen molar-refractivity contribution in [1.82, 2.24) is 9.55 Å². The van der Waals surface area contributed by atoms with Crippen LogP contribution in [0.5, 0.6) is 0 Å². The molecule has 1 atom stereocenters. The number of aromatic nitrogens is 2. The van der Waals surface area contributed by atoms with Gasteiger partial charge in [0.1, 0.15) is 5.76 Å². The minimum Gasteiger partial charge on any atom is -0.458 e. The first-order valence-electron chi connectivity index (χ1n) is 9.56. The van der Waals surface area contributed by atoms with Gasteiger partial charge in [-0.2, -0.15) is 0 Å². The zero-order chi connectivity index (χ0) is 20.0. The Morgan fingerprint density at radius 3 is 3.14 bits per heavy atom. The lowest BCUT2D eigenvalue weighted by Gasteiger charge is -2.15. The van der Waals surface area contributed by atoms with Crippen LogP contribution in [-0.2, 0) is 21.3 Å². The molecule has 1 unspecified atom stereocenters. The molecule has 0 bridgehead atoms. The smallest absolute Gasteiger partial charge is 0.230 e. The van der Waals surface area contributed by atoms with Crippen LogP contribution in [0.4, 0.5) is 5.13 Å². The highest BCUT2D eigenvalue weighted by Gasteiger charge is 2.25. The SMILES string of the molecule is Cc1sc(NC(=O)CC2C=CC3=C(C2)OCO3)nc1-c1ccc2c(ccn2C)c1. The number of aryl methyl sites for hydroxylation is 2. The van der Waals surface area contributed by atoms with Crippen LogP contribution in [0.2, 0.25) is 0 Å². The second kappa shape index (κ2) is 7.08. The molecule has 1 aliphatic heterocycles. The van der Waals surface area contributed by atoms with Crippen LogP contribution < -0.4 is 5.32 Å². The molecule has 1 N–H and O–H groups in total. The quantitative estimate of drug-likeness (QED) is 0.679. The lowest BCUT2D eigenvalue weighted by molar-refractivity contribution is -0.116. The molecular formula is C22H21N3O3S. The Morgan fingerprint density at radius 1 is 1.34 bits per heavy atom. The maximum absolute atomic E-state index is 12.5. The Hall–Kier alpha value is -3.06. The fraction of sp³-hybridized carbons (Fsp3) is 0.273. The summed E-state index contributed by atoms with van der Waals surface area (Å²) in [6, 6.07) is 8.43. The number of hydrogen-bond acceptors (Lipinski definition) is 5. The lowest BCUT2D eigenvalue weighted by atomic mass is 9.95. The first kappa shape index (κ1) is 18.0. The molecule has 6 nitrogen and oxygen atoms in total. The van der Waals surface area contributed by atoms with Gasteiger partial charge in [0.15, 0.2) is 10.9 Å². The summed E-state index contributed by atoms with van der Waals surface area (Å²) in [5, 5.41) is 4.78. The second-order valence-electron chi connectivity index (χ2n) is 7.39. The molecule has 29 heavy (non-hydrogen) atoms. The maximum Gasteiger partial charge on any atom is 0.230 e. The van der Waals surface area contributed by atoms with Crippen molar-refractivity contribution < 1.29 is 14.3 Å². The largest absolute Gasteiger partial charge is 0.458 e. The molecule has 0 saturated carbocycles. The van der Waals surface area contributed by atoms with Crippen molar-refractivity contribution in [3.63, 3.8) is 0 Å². The van der Waals surface area contributed by atoms with Gasteiger partial charge in [0.25, 0.3) is 0 Å². The molecule has 0 saturated heterocycles. The first-order valence-corrected chi connectivity index (χ1v) is 10.4. The number of fused-ring (bicyclic) bond motifs is 1. The molecule has 1 amide bonds. The standard InChI is InChI=1S/C22H21N3O3S/c1-13-21(16-4-5-17-15(11-16)7-8-25(17)2)24-22(29-13)23-20(26)10-14-3-6-18-19(9-14)28-12-27-18/h3-8,11,14H,9-10,12H2,1-2H3,(H,23,24,26). The summed E-state index contributed by atoms with van der Waals surface area (Å²) in [7, 11) is 2.04. The molecule has 2 aliphatic rings. The van der Waals surface area contributed by atoms with Crippen molar-refractivity contribution in [2.45, 2.75) is 19.8 Å². The zero-order valence-corrected chi connectivity index (χ0v) is 17.1. The van der Waals surface area contributed by atoms with Crippen molar-refractivity contribution in [1.29, 1.82) is 0 Å². The van der Waals surface area contributed by atoms with E-state index in [9.17, 15) is 4.79 Å². The number of nitrogens with zero attached hydrogens (tertiary/aromatic N) is 2. The molecular weight excluding hydrogens is 386 g/mol. The molecule has 3 aromatic rings. The Balaban J connectivity index is 1.28. The summed E-state index contributed by atoms with van der Waals surface area (Å²) in [6.07, 6.45) is 7.05. The number of rotatable bonds is 4. The van der Waals surface area contributed by atoms with Gasteiger partial charge in [-0.3, -0.25) is 4.79 Å². The normalized spacial score (nSPS) is 17.9. The van der Waals surface area contributed by atoms with Crippen LogP contribution in [0.25, 0.3) is 22.2 Å². The highest BCUT2D eigenvalue weighted by molar-refractivity contribution is 7.16. The Bertz CT molecular complexity index is 1170. The second-order valence-corrected chi connectivity index (χ2v) is 8.60. The number of benzene rings is 1. The van der Waals surface area contributed by atoms with Crippen LogP contribution in [-0.4, -0.2) is 22.3 Å². The average Bonchev–Trinajstić information content (AvgIpc) is 3.40. The molecule has 148 valence electrons. The third kappa shape index (κ3) is 3.42. The van der Waals surface area contributed by atoms with Gasteiger partial charge in [-0.1, -0.05) is 12.1 Å². The van der Waals surface area contributed by atoms with Gasteiger partial charge < -0.3 is 19.4 Å². The van der Waals surface area contributed by atoms with Crippen molar-refractivity contribution in [3.05, 3.63) is 59.0 Å². The molecule has 0 radical (unpaired) electrons. The Kier molecular flexibility index (Phi) is 4.39. The zero-order valence-electron chi connectivity index (χ0n) is 16.3. The molecule has 7 heteroatoms. The number of hydrogen-bond donors (Lipinski definition) is 1. The van der Waals surface area contributed by atoms with E-state index in [0.29, 0.717) is 18.0 Å². The number of thiazole rings is 1. The van der Waals surface area contributed by atoms with Gasteiger partial charge in [0.05, 0.1) is 5.69 Å². The number of anilines is 1. The molecule has 3 heterocycles. The van der Waals surface area contributed by atoms with Crippen LogP contribution in [0.15, 0.2) is 54.1 Å². The number of nitrogens with one attached hydrogen (secondary N) is 1. The van der Waals surface area contributed by atoms with E-state index in [0.717, 1.165) is 27.7 Å². The van der Waals surface area contributed by atoms with Crippen molar-refractivity contribution in [2.75, 3.05) is 12.1 Å². The van der Waals surface area contributed by atoms with Gasteiger partial charge in [-0.25, -0.2) is 4.98 Å². The lowest BCUT2D eigenvalue weighted by Crippen LogP contribution is -2.17. The summed E-state index contributed by atoms with van der Waals surface area (Å²) in [6.45, 7) is 2.30. The summed E-state index contributed by atoms with van der Waals surface area (Å²) in [5.74, 6) is 1.70. The third-order valence-electron chi connectivity index (χ3n) is 5.34. The molecule has 1 aromatic carbocycles. The number of amides is 1. The van der Waals surface area contributed by atoms with Gasteiger partial charge in [0, 0.05) is 47.4 Å². The predicted octanol–water partition coefficient (Wildman–Crippen LogP) is 4.73. The van der Waals surface area contributed by atoms with Crippen molar-refractivity contribution >= 4 is 33.3 Å². The fourth-order valence-electron chi connectivity index (χ4n) is 3.84. The summed E-state index contributed by atoms with van der Waals surface area (Å²) in [4.78, 5) is 18.3. The Morgan fingerprint density at radius 2 is 2.24 bits per heavy atom. The Labute approximate surface area is 172 Å². The van der Waals surface area contributed by atoms with E-state index in [1.807, 2.05) is 26.1 Å². The van der Waals surface area contributed by atoms with Crippen LogP contribution in [0.1, 0.15) is 17.7 Å². The van der Waals surface area contributed by atoms with E-state index < -0.39 is 0 Å². The van der Waals surface area contributed by atoms with E-state index in [2.05, 4.69) is 45.3 Å². The topological polar surface area (TPSA) is 65.4 Å². The van der Waals surface area contributed by atoms with Gasteiger partial charge in [0.2, 0.25) is 12.7 Å². The third-order valence-corrected chi connectivity index (χ3v) is 6.23. The minimum absolute atomic E-state index is 0.0403. The number of carbonyl (C=O) groups excluding carboxylic acids is 1. The fourth-order valence-corrected chi connectivity index (χ4v) is 4.69. The monoisotopic (exact) mass is 407 g/mol. The average molecular weight is 407 g/mol. The van der Waals surface area contributed by atoms with Crippen molar-refractivity contribution in [2.24, 2.45) is 13.0 Å². The van der Waals surface area contributed by atoms with Crippen LogP contribution in [0, 0.1) is 12.8 Å². The molecule has 0 fully saturated rings. The van der Waals surface area contributed by atoms with E-state index in [4.69, 9.17) is 9.47 Å². The van der Waals surface area contributed by atoms with E-state index in [1.54, 1.807) is 0 Å².